The molecule has 0 spiro atoms. The van der Waals surface area contributed by atoms with Crippen molar-refractivity contribution in [3.8, 4) is 11.3 Å². The Labute approximate surface area is 139 Å². The van der Waals surface area contributed by atoms with Crippen LogP contribution in [0.5, 0.6) is 0 Å². The summed E-state index contributed by atoms with van der Waals surface area (Å²) in [4.78, 5) is 15.9. The third-order valence-corrected chi connectivity index (χ3v) is 3.24. The monoisotopic (exact) mass is 334 g/mol. The first-order chi connectivity index (χ1) is 11.2. The summed E-state index contributed by atoms with van der Waals surface area (Å²) in [7, 11) is 0. The lowest BCUT2D eigenvalue weighted by Crippen LogP contribution is -2.34. The van der Waals surface area contributed by atoms with Crippen molar-refractivity contribution in [3.05, 3.63) is 53.7 Å². The molecule has 0 saturated carbocycles. The first-order valence-electron chi connectivity index (χ1n) is 7.57. The van der Waals surface area contributed by atoms with Gasteiger partial charge in [0.15, 0.2) is 0 Å². The fraction of sp³-hybridized carbons (Fsp3) is 0.333. The summed E-state index contributed by atoms with van der Waals surface area (Å²) in [6.45, 7) is 7.09. The molecule has 0 aliphatic heterocycles. The zero-order valence-electron chi connectivity index (χ0n) is 14.1. The molecule has 4 nitrogen and oxygen atoms in total. The molecule has 1 aromatic heterocycles. The first-order valence-corrected chi connectivity index (χ1v) is 7.57. The van der Waals surface area contributed by atoms with Crippen molar-refractivity contribution in [1.82, 2.24) is 10.3 Å². The number of hydrogen-bond acceptors (Lipinski definition) is 3. The summed E-state index contributed by atoms with van der Waals surface area (Å²) < 4.78 is 32.7. The molecule has 6 heteroatoms. The molecule has 1 amide bonds. The second-order valence-corrected chi connectivity index (χ2v) is 6.44. The zero-order chi connectivity index (χ0) is 17.9. The maximum Gasteiger partial charge on any atom is 0.408 e. The highest BCUT2D eigenvalue weighted by Gasteiger charge is 2.19. The number of benzene rings is 1. The Morgan fingerprint density at radius 1 is 1.17 bits per heavy atom. The lowest BCUT2D eigenvalue weighted by molar-refractivity contribution is 0.0508. The molecular weight excluding hydrogens is 314 g/mol. The minimum Gasteiger partial charge on any atom is -0.444 e. The van der Waals surface area contributed by atoms with Gasteiger partial charge in [-0.3, -0.25) is 4.98 Å². The van der Waals surface area contributed by atoms with Gasteiger partial charge in [0.1, 0.15) is 17.2 Å². The second kappa shape index (κ2) is 6.95. The molecule has 0 bridgehead atoms. The van der Waals surface area contributed by atoms with Crippen molar-refractivity contribution in [2.24, 2.45) is 0 Å². The Morgan fingerprint density at radius 2 is 1.79 bits per heavy atom. The van der Waals surface area contributed by atoms with E-state index in [2.05, 4.69) is 10.3 Å². The number of halogens is 2. The number of pyridine rings is 1. The smallest absolute Gasteiger partial charge is 0.408 e. The molecule has 1 atom stereocenters. The van der Waals surface area contributed by atoms with Crippen molar-refractivity contribution in [3.63, 3.8) is 0 Å². The van der Waals surface area contributed by atoms with Crippen molar-refractivity contribution in [1.29, 1.82) is 0 Å². The predicted molar refractivity (Wildman–Crippen MR) is 87.4 cm³/mol. The minimum absolute atomic E-state index is 0.170. The average molecular weight is 334 g/mol. The fourth-order valence-electron chi connectivity index (χ4n) is 2.12. The van der Waals surface area contributed by atoms with E-state index in [1.165, 1.54) is 30.5 Å². The molecule has 1 heterocycles. The van der Waals surface area contributed by atoms with E-state index in [-0.39, 0.29) is 17.3 Å². The van der Waals surface area contributed by atoms with Crippen LogP contribution in [-0.4, -0.2) is 16.7 Å². The third-order valence-electron chi connectivity index (χ3n) is 3.24. The van der Waals surface area contributed by atoms with E-state index in [4.69, 9.17) is 4.74 Å². The van der Waals surface area contributed by atoms with Gasteiger partial charge in [-0.2, -0.15) is 0 Å². The van der Waals surface area contributed by atoms with Crippen molar-refractivity contribution >= 4 is 6.09 Å². The first kappa shape index (κ1) is 17.8. The van der Waals surface area contributed by atoms with Gasteiger partial charge in [0.05, 0.1) is 17.3 Å². The maximum atomic E-state index is 13.8. The summed E-state index contributed by atoms with van der Waals surface area (Å²) in [5.74, 6) is -1.34. The van der Waals surface area contributed by atoms with Crippen LogP contribution in [0.1, 0.15) is 39.3 Å². The number of hydrogen-bond donors (Lipinski definition) is 1. The number of aromatic nitrogens is 1. The van der Waals surface area contributed by atoms with E-state index in [1.807, 2.05) is 0 Å². The molecule has 128 valence electrons. The number of ether oxygens (including phenoxy) is 1. The van der Waals surface area contributed by atoms with Gasteiger partial charge in [-0.05, 0) is 51.5 Å². The normalized spacial score (nSPS) is 12.6. The number of nitrogens with zero attached hydrogens (tertiary/aromatic N) is 1. The zero-order valence-corrected chi connectivity index (χ0v) is 14.1. The van der Waals surface area contributed by atoms with Gasteiger partial charge in [0, 0.05) is 6.20 Å². The lowest BCUT2D eigenvalue weighted by Gasteiger charge is -2.22. The summed E-state index contributed by atoms with van der Waals surface area (Å²) in [6, 6.07) is 6.49. The standard InChI is InChI=1S/C18H20F2N2O2/c1-11(22-17(23)24-18(2,3)4)12-8-9-15(21-10-12)16-13(19)6-5-7-14(16)20/h5-11H,1-4H3,(H,22,23)/t11-/m0/s1. The molecule has 0 fully saturated rings. The van der Waals surface area contributed by atoms with Crippen LogP contribution in [0.4, 0.5) is 13.6 Å². The number of nitrogens with one attached hydrogen (secondary N) is 1. The van der Waals surface area contributed by atoms with Crippen molar-refractivity contribution in [2.45, 2.75) is 39.3 Å². The summed E-state index contributed by atoms with van der Waals surface area (Å²) in [6.07, 6.45) is 0.933. The molecule has 1 aromatic carbocycles. The highest BCUT2D eigenvalue weighted by molar-refractivity contribution is 5.68. The Balaban J connectivity index is 2.13. The van der Waals surface area contributed by atoms with E-state index < -0.39 is 23.3 Å². The van der Waals surface area contributed by atoms with E-state index in [1.54, 1.807) is 33.8 Å². The topological polar surface area (TPSA) is 51.2 Å². The number of carbonyl (C=O) groups excluding carboxylic acids is 1. The average Bonchev–Trinajstić information content (AvgIpc) is 2.45. The fourth-order valence-corrected chi connectivity index (χ4v) is 2.12. The molecule has 0 radical (unpaired) electrons. The predicted octanol–water partition coefficient (Wildman–Crippen LogP) is 4.61. The summed E-state index contributed by atoms with van der Waals surface area (Å²) in [5, 5.41) is 2.69. The van der Waals surface area contributed by atoms with Crippen LogP contribution in [0.15, 0.2) is 36.5 Å². The Bertz CT molecular complexity index is 705. The maximum absolute atomic E-state index is 13.8. The van der Waals surface area contributed by atoms with Gasteiger partial charge < -0.3 is 10.1 Å². The van der Waals surface area contributed by atoms with Gasteiger partial charge in [-0.15, -0.1) is 0 Å². The van der Waals surface area contributed by atoms with Crippen LogP contribution in [-0.2, 0) is 4.74 Å². The third kappa shape index (κ3) is 4.50. The molecule has 2 rings (SSSR count). The van der Waals surface area contributed by atoms with Crippen molar-refractivity contribution in [2.75, 3.05) is 0 Å². The van der Waals surface area contributed by atoms with Crippen LogP contribution < -0.4 is 5.32 Å². The van der Waals surface area contributed by atoms with Crippen LogP contribution in [0.25, 0.3) is 11.3 Å². The number of carbonyl (C=O) groups is 1. The Morgan fingerprint density at radius 3 is 2.29 bits per heavy atom. The van der Waals surface area contributed by atoms with Crippen LogP contribution in [0.2, 0.25) is 0 Å². The van der Waals surface area contributed by atoms with E-state index >= 15 is 0 Å². The molecule has 0 saturated heterocycles. The second-order valence-electron chi connectivity index (χ2n) is 6.44. The number of alkyl carbamates (subject to hydrolysis) is 1. The van der Waals surface area contributed by atoms with Crippen LogP contribution in [0.3, 0.4) is 0 Å². The Kier molecular flexibility index (Phi) is 5.17. The molecule has 0 unspecified atom stereocenters. The van der Waals surface area contributed by atoms with Gasteiger partial charge in [0.2, 0.25) is 0 Å². The molecule has 2 aromatic rings. The minimum atomic E-state index is -0.671. The molecule has 0 aliphatic rings. The van der Waals surface area contributed by atoms with Crippen LogP contribution >= 0.6 is 0 Å². The van der Waals surface area contributed by atoms with Gasteiger partial charge in [-0.25, -0.2) is 13.6 Å². The molecule has 0 aliphatic carbocycles. The Hall–Kier alpha value is -2.50. The van der Waals surface area contributed by atoms with E-state index in [9.17, 15) is 13.6 Å². The van der Waals surface area contributed by atoms with E-state index in [0.717, 1.165) is 0 Å². The van der Waals surface area contributed by atoms with Gasteiger partial charge >= 0.3 is 6.09 Å². The molecule has 24 heavy (non-hydrogen) atoms. The summed E-state index contributed by atoms with van der Waals surface area (Å²) >= 11 is 0. The van der Waals surface area contributed by atoms with E-state index in [0.29, 0.717) is 5.56 Å². The quantitative estimate of drug-likeness (QED) is 0.891. The van der Waals surface area contributed by atoms with Gasteiger partial charge in [-0.1, -0.05) is 12.1 Å². The highest BCUT2D eigenvalue weighted by Crippen LogP contribution is 2.25. The van der Waals surface area contributed by atoms with Crippen LogP contribution in [0, 0.1) is 11.6 Å². The van der Waals surface area contributed by atoms with Gasteiger partial charge in [0.25, 0.3) is 0 Å². The summed E-state index contributed by atoms with van der Waals surface area (Å²) in [5.41, 5.74) is 0.130. The largest absolute Gasteiger partial charge is 0.444 e. The number of rotatable bonds is 3. The molecule has 1 N–H and O–H groups in total. The van der Waals surface area contributed by atoms with Crippen molar-refractivity contribution < 1.29 is 18.3 Å². The lowest BCUT2D eigenvalue weighted by atomic mass is 10.1. The highest BCUT2D eigenvalue weighted by atomic mass is 19.1. The molecular formula is C18H20F2N2O2. The SMILES string of the molecule is C[C@H](NC(=O)OC(C)(C)C)c1ccc(-c2c(F)cccc2F)nc1. The number of amides is 1.